The lowest BCUT2D eigenvalue weighted by Gasteiger charge is -2.07. The van der Waals surface area contributed by atoms with E-state index in [4.69, 9.17) is 10.5 Å². The third kappa shape index (κ3) is 5.00. The van der Waals surface area contributed by atoms with E-state index in [0.29, 0.717) is 18.0 Å². The largest absolute Gasteiger partial charge is 0.494 e. The molecule has 0 saturated heterocycles. The Kier molecular flexibility index (Phi) is 5.45. The SMILES string of the molecule is CCOc1ccc(NC(=O)CSc2ccc(N)cn2)cc1. The number of amides is 1. The fraction of sp³-hybridized carbons (Fsp3) is 0.200. The molecule has 1 aromatic carbocycles. The molecule has 5 nitrogen and oxygen atoms in total. The van der Waals surface area contributed by atoms with E-state index in [1.54, 1.807) is 18.3 Å². The molecular weight excluding hydrogens is 286 g/mol. The lowest BCUT2D eigenvalue weighted by molar-refractivity contribution is -0.113. The Hall–Kier alpha value is -2.21. The summed E-state index contributed by atoms with van der Waals surface area (Å²) in [5, 5.41) is 3.59. The Morgan fingerprint density at radius 1 is 1.29 bits per heavy atom. The number of benzene rings is 1. The number of ether oxygens (including phenoxy) is 1. The van der Waals surface area contributed by atoms with Crippen molar-refractivity contribution in [3.63, 3.8) is 0 Å². The molecular formula is C15H17N3O2S. The van der Waals surface area contributed by atoms with Crippen LogP contribution in [0, 0.1) is 0 Å². The minimum Gasteiger partial charge on any atom is -0.494 e. The van der Waals surface area contributed by atoms with E-state index in [1.165, 1.54) is 11.8 Å². The molecule has 3 N–H and O–H groups in total. The molecule has 0 aliphatic heterocycles. The second kappa shape index (κ2) is 7.54. The van der Waals surface area contributed by atoms with Crippen LogP contribution in [-0.2, 0) is 4.79 Å². The summed E-state index contributed by atoms with van der Waals surface area (Å²) in [5.41, 5.74) is 6.91. The van der Waals surface area contributed by atoms with Crippen molar-refractivity contribution in [1.29, 1.82) is 0 Å². The Morgan fingerprint density at radius 2 is 2.05 bits per heavy atom. The maximum absolute atomic E-state index is 11.8. The van der Waals surface area contributed by atoms with Crippen LogP contribution in [0.3, 0.4) is 0 Å². The molecule has 21 heavy (non-hydrogen) atoms. The summed E-state index contributed by atoms with van der Waals surface area (Å²) in [6.07, 6.45) is 1.58. The highest BCUT2D eigenvalue weighted by atomic mass is 32.2. The van der Waals surface area contributed by atoms with Gasteiger partial charge in [-0.25, -0.2) is 4.98 Å². The third-order valence-corrected chi connectivity index (χ3v) is 3.50. The molecule has 2 aromatic rings. The zero-order chi connectivity index (χ0) is 15.1. The highest BCUT2D eigenvalue weighted by molar-refractivity contribution is 7.99. The van der Waals surface area contributed by atoms with Crippen LogP contribution >= 0.6 is 11.8 Å². The van der Waals surface area contributed by atoms with Crippen molar-refractivity contribution < 1.29 is 9.53 Å². The molecule has 1 amide bonds. The molecule has 0 spiro atoms. The number of hydrogen-bond acceptors (Lipinski definition) is 5. The van der Waals surface area contributed by atoms with Gasteiger partial charge in [0.2, 0.25) is 5.91 Å². The molecule has 0 radical (unpaired) electrons. The van der Waals surface area contributed by atoms with E-state index in [2.05, 4.69) is 10.3 Å². The van der Waals surface area contributed by atoms with Gasteiger partial charge in [-0.3, -0.25) is 4.79 Å². The number of rotatable bonds is 6. The number of pyridine rings is 1. The van der Waals surface area contributed by atoms with Crippen LogP contribution in [-0.4, -0.2) is 23.3 Å². The van der Waals surface area contributed by atoms with Gasteiger partial charge in [-0.2, -0.15) is 0 Å². The molecule has 0 unspecified atom stereocenters. The first-order chi connectivity index (χ1) is 10.2. The quantitative estimate of drug-likeness (QED) is 0.802. The predicted molar refractivity (Wildman–Crippen MR) is 85.6 cm³/mol. The van der Waals surface area contributed by atoms with Gasteiger partial charge in [-0.05, 0) is 43.3 Å². The van der Waals surface area contributed by atoms with Crippen LogP contribution < -0.4 is 15.8 Å². The van der Waals surface area contributed by atoms with Crippen molar-refractivity contribution in [2.75, 3.05) is 23.4 Å². The highest BCUT2D eigenvalue weighted by Crippen LogP contribution is 2.18. The van der Waals surface area contributed by atoms with Crippen LogP contribution in [0.5, 0.6) is 5.75 Å². The third-order valence-electron chi connectivity index (χ3n) is 2.56. The topological polar surface area (TPSA) is 77.2 Å². The number of thioether (sulfide) groups is 1. The first-order valence-electron chi connectivity index (χ1n) is 6.54. The van der Waals surface area contributed by atoms with Crippen LogP contribution in [0.15, 0.2) is 47.6 Å². The molecule has 6 heteroatoms. The summed E-state index contributed by atoms with van der Waals surface area (Å²) in [6, 6.07) is 10.8. The van der Waals surface area contributed by atoms with E-state index in [0.717, 1.165) is 16.5 Å². The molecule has 2 rings (SSSR count). The lowest BCUT2D eigenvalue weighted by atomic mass is 10.3. The van der Waals surface area contributed by atoms with E-state index in [1.807, 2.05) is 31.2 Å². The van der Waals surface area contributed by atoms with Crippen molar-refractivity contribution in [1.82, 2.24) is 4.98 Å². The lowest BCUT2D eigenvalue weighted by Crippen LogP contribution is -2.14. The molecule has 0 atom stereocenters. The zero-order valence-electron chi connectivity index (χ0n) is 11.7. The second-order valence-electron chi connectivity index (χ2n) is 4.22. The Labute approximate surface area is 127 Å². The number of nitrogens with one attached hydrogen (secondary N) is 1. The summed E-state index contributed by atoms with van der Waals surface area (Å²) < 4.78 is 5.35. The number of hydrogen-bond donors (Lipinski definition) is 2. The summed E-state index contributed by atoms with van der Waals surface area (Å²) in [5.74, 6) is 1.00. The monoisotopic (exact) mass is 303 g/mol. The molecule has 0 fully saturated rings. The number of aromatic nitrogens is 1. The average molecular weight is 303 g/mol. The Balaban J connectivity index is 1.82. The predicted octanol–water partition coefficient (Wildman–Crippen LogP) is 2.79. The fourth-order valence-electron chi connectivity index (χ4n) is 1.61. The van der Waals surface area contributed by atoms with E-state index < -0.39 is 0 Å². The average Bonchev–Trinajstić information content (AvgIpc) is 2.49. The van der Waals surface area contributed by atoms with Crippen molar-refractivity contribution in [2.45, 2.75) is 11.9 Å². The number of nitrogens with zero attached hydrogens (tertiary/aromatic N) is 1. The Bertz CT molecular complexity index is 585. The van der Waals surface area contributed by atoms with E-state index >= 15 is 0 Å². The van der Waals surface area contributed by atoms with Crippen LogP contribution in [0.4, 0.5) is 11.4 Å². The van der Waals surface area contributed by atoms with Gasteiger partial charge in [0.25, 0.3) is 0 Å². The summed E-state index contributed by atoms with van der Waals surface area (Å²) in [7, 11) is 0. The van der Waals surface area contributed by atoms with Gasteiger partial charge in [-0.1, -0.05) is 11.8 Å². The number of carbonyl (C=O) groups is 1. The zero-order valence-corrected chi connectivity index (χ0v) is 12.5. The molecule has 110 valence electrons. The summed E-state index contributed by atoms with van der Waals surface area (Å²) >= 11 is 1.36. The first-order valence-corrected chi connectivity index (χ1v) is 7.53. The maximum Gasteiger partial charge on any atom is 0.234 e. The Morgan fingerprint density at radius 3 is 2.67 bits per heavy atom. The second-order valence-corrected chi connectivity index (χ2v) is 5.22. The van der Waals surface area contributed by atoms with E-state index in [9.17, 15) is 4.79 Å². The van der Waals surface area contributed by atoms with Gasteiger partial charge in [0.15, 0.2) is 0 Å². The number of nitrogen functional groups attached to an aromatic ring is 1. The normalized spacial score (nSPS) is 10.1. The molecule has 0 aliphatic carbocycles. The van der Waals surface area contributed by atoms with Gasteiger partial charge in [0.1, 0.15) is 5.75 Å². The van der Waals surface area contributed by atoms with Gasteiger partial charge in [0.05, 0.1) is 29.3 Å². The number of carbonyl (C=O) groups excluding carboxylic acids is 1. The molecule has 0 saturated carbocycles. The van der Waals surface area contributed by atoms with Crippen molar-refractivity contribution in [2.24, 2.45) is 0 Å². The van der Waals surface area contributed by atoms with Crippen molar-refractivity contribution in [3.8, 4) is 5.75 Å². The summed E-state index contributed by atoms with van der Waals surface area (Å²) in [6.45, 7) is 2.55. The van der Waals surface area contributed by atoms with Crippen LogP contribution in [0.2, 0.25) is 0 Å². The van der Waals surface area contributed by atoms with Gasteiger partial charge < -0.3 is 15.8 Å². The van der Waals surface area contributed by atoms with E-state index in [-0.39, 0.29) is 5.91 Å². The number of anilines is 2. The van der Waals surface area contributed by atoms with Gasteiger partial charge in [0, 0.05) is 5.69 Å². The molecule has 0 aliphatic rings. The molecule has 1 heterocycles. The minimum absolute atomic E-state index is 0.0808. The van der Waals surface area contributed by atoms with Crippen LogP contribution in [0.1, 0.15) is 6.92 Å². The fourth-order valence-corrected chi connectivity index (χ4v) is 2.26. The van der Waals surface area contributed by atoms with Gasteiger partial charge >= 0.3 is 0 Å². The maximum atomic E-state index is 11.8. The molecule has 0 bridgehead atoms. The number of nitrogens with two attached hydrogens (primary N) is 1. The smallest absolute Gasteiger partial charge is 0.234 e. The summed E-state index contributed by atoms with van der Waals surface area (Å²) in [4.78, 5) is 16.0. The molecule has 1 aromatic heterocycles. The van der Waals surface area contributed by atoms with Crippen molar-refractivity contribution >= 4 is 29.0 Å². The minimum atomic E-state index is -0.0808. The van der Waals surface area contributed by atoms with Crippen molar-refractivity contribution in [3.05, 3.63) is 42.6 Å². The first kappa shape index (κ1) is 15.2. The highest BCUT2D eigenvalue weighted by Gasteiger charge is 2.04. The standard InChI is InChI=1S/C15H17N3O2S/c1-2-20-13-6-4-12(5-7-13)18-14(19)10-21-15-8-3-11(16)9-17-15/h3-9H,2,10,16H2,1H3,(H,18,19). The van der Waals surface area contributed by atoms with Crippen LogP contribution in [0.25, 0.3) is 0 Å². The van der Waals surface area contributed by atoms with Gasteiger partial charge in [-0.15, -0.1) is 0 Å².